The molecule has 1 aromatic carbocycles. The Bertz CT molecular complexity index is 490. The van der Waals surface area contributed by atoms with Gasteiger partial charge in [-0.2, -0.15) is 0 Å². The van der Waals surface area contributed by atoms with Crippen LogP contribution in [0.4, 0.5) is 5.69 Å². The van der Waals surface area contributed by atoms with Crippen molar-refractivity contribution in [2.75, 3.05) is 19.5 Å². The first kappa shape index (κ1) is 15.7. The van der Waals surface area contributed by atoms with E-state index in [9.17, 15) is 14.4 Å². The molecule has 6 heteroatoms. The van der Waals surface area contributed by atoms with Gasteiger partial charge in [-0.05, 0) is 24.6 Å². The molecule has 0 aliphatic rings. The molecule has 0 aliphatic carbocycles. The van der Waals surface area contributed by atoms with Crippen molar-refractivity contribution in [2.45, 2.75) is 19.8 Å². The molecule has 20 heavy (non-hydrogen) atoms. The van der Waals surface area contributed by atoms with Crippen LogP contribution >= 0.6 is 0 Å². The Balaban J connectivity index is 3.12. The Morgan fingerprint density at radius 2 is 1.50 bits per heavy atom. The largest absolute Gasteiger partial charge is 0.465 e. The van der Waals surface area contributed by atoms with Crippen molar-refractivity contribution in [1.82, 2.24) is 0 Å². The SMILES string of the molecule is CCCC(=O)Nc1cc(C(=O)OC)cc(C(=O)OC)c1. The summed E-state index contributed by atoms with van der Waals surface area (Å²) >= 11 is 0. The Hall–Kier alpha value is -2.37. The molecule has 0 radical (unpaired) electrons. The maximum absolute atomic E-state index is 11.6. The van der Waals surface area contributed by atoms with E-state index >= 15 is 0 Å². The summed E-state index contributed by atoms with van der Waals surface area (Å²) < 4.78 is 9.22. The van der Waals surface area contributed by atoms with Gasteiger partial charge in [0.1, 0.15) is 0 Å². The summed E-state index contributed by atoms with van der Waals surface area (Å²) in [5.74, 6) is -1.38. The molecule has 1 amide bonds. The maximum Gasteiger partial charge on any atom is 0.337 e. The zero-order valence-corrected chi connectivity index (χ0v) is 11.7. The second-order valence-corrected chi connectivity index (χ2v) is 4.08. The Labute approximate surface area is 117 Å². The summed E-state index contributed by atoms with van der Waals surface area (Å²) in [5.41, 5.74) is 0.691. The van der Waals surface area contributed by atoms with Crippen LogP contribution in [0.5, 0.6) is 0 Å². The van der Waals surface area contributed by atoms with Gasteiger partial charge < -0.3 is 14.8 Å². The lowest BCUT2D eigenvalue weighted by Crippen LogP contribution is -2.13. The molecule has 0 spiro atoms. The van der Waals surface area contributed by atoms with Crippen LogP contribution in [0.2, 0.25) is 0 Å². The average molecular weight is 279 g/mol. The van der Waals surface area contributed by atoms with E-state index in [2.05, 4.69) is 14.8 Å². The number of ether oxygens (including phenoxy) is 2. The Morgan fingerprint density at radius 1 is 1.00 bits per heavy atom. The van der Waals surface area contributed by atoms with Crippen LogP contribution in [-0.2, 0) is 14.3 Å². The molecular weight excluding hydrogens is 262 g/mol. The van der Waals surface area contributed by atoms with Crippen molar-refractivity contribution in [3.8, 4) is 0 Å². The predicted molar refractivity (Wildman–Crippen MR) is 72.7 cm³/mol. The third-order valence-corrected chi connectivity index (χ3v) is 2.54. The lowest BCUT2D eigenvalue weighted by Gasteiger charge is -2.09. The molecule has 1 aromatic rings. The summed E-state index contributed by atoms with van der Waals surface area (Å²) in [5, 5.41) is 2.63. The molecule has 0 bridgehead atoms. The zero-order valence-electron chi connectivity index (χ0n) is 11.7. The molecule has 0 aromatic heterocycles. The number of carbonyl (C=O) groups excluding carboxylic acids is 3. The highest BCUT2D eigenvalue weighted by molar-refractivity contribution is 5.99. The molecular formula is C14H17NO5. The molecule has 0 aliphatic heterocycles. The van der Waals surface area contributed by atoms with Gasteiger partial charge >= 0.3 is 11.9 Å². The van der Waals surface area contributed by atoms with Gasteiger partial charge in [0.05, 0.1) is 25.3 Å². The third-order valence-electron chi connectivity index (χ3n) is 2.54. The van der Waals surface area contributed by atoms with Gasteiger partial charge in [-0.3, -0.25) is 4.79 Å². The molecule has 0 atom stereocenters. The second-order valence-electron chi connectivity index (χ2n) is 4.08. The molecule has 0 unspecified atom stereocenters. The highest BCUT2D eigenvalue weighted by atomic mass is 16.5. The average Bonchev–Trinajstić information content (AvgIpc) is 2.45. The minimum absolute atomic E-state index is 0.169. The van der Waals surface area contributed by atoms with Crippen LogP contribution in [0, 0.1) is 0 Å². The van der Waals surface area contributed by atoms with Crippen LogP contribution in [0.3, 0.4) is 0 Å². The van der Waals surface area contributed by atoms with E-state index in [1.54, 1.807) is 0 Å². The summed E-state index contributed by atoms with van der Waals surface area (Å²) in [7, 11) is 2.48. The summed E-state index contributed by atoms with van der Waals surface area (Å²) in [6, 6.07) is 4.25. The minimum atomic E-state index is -0.596. The van der Waals surface area contributed by atoms with E-state index < -0.39 is 11.9 Å². The number of methoxy groups -OCH3 is 2. The number of amides is 1. The van der Waals surface area contributed by atoms with Crippen LogP contribution in [-0.4, -0.2) is 32.1 Å². The summed E-state index contributed by atoms with van der Waals surface area (Å²) in [6.07, 6.45) is 1.06. The molecule has 1 N–H and O–H groups in total. The fourth-order valence-corrected chi connectivity index (χ4v) is 1.62. The van der Waals surface area contributed by atoms with Gasteiger partial charge in [-0.15, -0.1) is 0 Å². The van der Waals surface area contributed by atoms with Crippen molar-refractivity contribution in [1.29, 1.82) is 0 Å². The van der Waals surface area contributed by atoms with Crippen LogP contribution < -0.4 is 5.32 Å². The van der Waals surface area contributed by atoms with E-state index in [4.69, 9.17) is 0 Å². The highest BCUT2D eigenvalue weighted by Crippen LogP contribution is 2.17. The highest BCUT2D eigenvalue weighted by Gasteiger charge is 2.14. The number of rotatable bonds is 5. The number of esters is 2. The van der Waals surface area contributed by atoms with E-state index in [1.165, 1.54) is 32.4 Å². The van der Waals surface area contributed by atoms with Crippen LogP contribution in [0.15, 0.2) is 18.2 Å². The van der Waals surface area contributed by atoms with Gasteiger partial charge in [0, 0.05) is 12.1 Å². The number of benzene rings is 1. The van der Waals surface area contributed by atoms with Crippen molar-refractivity contribution >= 4 is 23.5 Å². The van der Waals surface area contributed by atoms with Crippen molar-refractivity contribution < 1.29 is 23.9 Å². The second kappa shape index (κ2) is 7.28. The Kier molecular flexibility index (Phi) is 5.71. The van der Waals surface area contributed by atoms with Gasteiger partial charge in [0.2, 0.25) is 5.91 Å². The van der Waals surface area contributed by atoms with Crippen molar-refractivity contribution in [3.63, 3.8) is 0 Å². The summed E-state index contributed by atoms with van der Waals surface area (Å²) in [6.45, 7) is 1.88. The Morgan fingerprint density at radius 3 is 1.90 bits per heavy atom. The van der Waals surface area contributed by atoms with Crippen LogP contribution in [0.1, 0.15) is 40.5 Å². The quantitative estimate of drug-likeness (QED) is 0.834. The first-order valence-electron chi connectivity index (χ1n) is 6.13. The van der Waals surface area contributed by atoms with Crippen molar-refractivity contribution in [3.05, 3.63) is 29.3 Å². The molecule has 6 nitrogen and oxygen atoms in total. The van der Waals surface area contributed by atoms with Crippen molar-refractivity contribution in [2.24, 2.45) is 0 Å². The molecule has 0 saturated carbocycles. The fraction of sp³-hybridized carbons (Fsp3) is 0.357. The van der Waals surface area contributed by atoms with E-state index in [0.29, 0.717) is 18.5 Å². The third kappa shape index (κ3) is 4.08. The molecule has 108 valence electrons. The zero-order chi connectivity index (χ0) is 15.1. The standard InChI is InChI=1S/C14H17NO5/c1-4-5-12(16)15-11-7-9(13(17)19-2)6-10(8-11)14(18)20-3/h6-8H,4-5H2,1-3H3,(H,15,16). The number of nitrogens with one attached hydrogen (secondary N) is 1. The molecule has 0 heterocycles. The predicted octanol–water partition coefficient (Wildman–Crippen LogP) is 2.00. The normalized spacial score (nSPS) is 9.75. The minimum Gasteiger partial charge on any atom is -0.465 e. The number of anilines is 1. The number of hydrogen-bond acceptors (Lipinski definition) is 5. The maximum atomic E-state index is 11.6. The van der Waals surface area contributed by atoms with Gasteiger partial charge in [0.15, 0.2) is 0 Å². The first-order valence-corrected chi connectivity index (χ1v) is 6.13. The lowest BCUT2D eigenvalue weighted by atomic mass is 10.1. The molecule has 0 fully saturated rings. The monoisotopic (exact) mass is 279 g/mol. The van der Waals surface area contributed by atoms with E-state index in [-0.39, 0.29) is 17.0 Å². The number of hydrogen-bond donors (Lipinski definition) is 1. The lowest BCUT2D eigenvalue weighted by molar-refractivity contribution is -0.116. The van der Waals surface area contributed by atoms with Crippen LogP contribution in [0.25, 0.3) is 0 Å². The number of carbonyl (C=O) groups is 3. The molecule has 1 rings (SSSR count). The van der Waals surface area contributed by atoms with E-state index in [0.717, 1.165) is 0 Å². The fourth-order valence-electron chi connectivity index (χ4n) is 1.62. The molecule has 0 saturated heterocycles. The smallest absolute Gasteiger partial charge is 0.337 e. The summed E-state index contributed by atoms with van der Waals surface area (Å²) in [4.78, 5) is 34.7. The first-order chi connectivity index (χ1) is 9.51. The topological polar surface area (TPSA) is 81.7 Å². The van der Waals surface area contributed by atoms with Gasteiger partial charge in [0.25, 0.3) is 0 Å². The van der Waals surface area contributed by atoms with Gasteiger partial charge in [-0.1, -0.05) is 6.92 Å². The van der Waals surface area contributed by atoms with Gasteiger partial charge in [-0.25, -0.2) is 9.59 Å². The van der Waals surface area contributed by atoms with E-state index in [1.807, 2.05) is 6.92 Å².